The topological polar surface area (TPSA) is 111 Å². The first kappa shape index (κ1) is 29.9. The molecule has 2 bridgehead atoms. The third-order valence-electron chi connectivity index (χ3n) is 8.16. The number of amides is 3. The number of benzene rings is 1. The van der Waals surface area contributed by atoms with Crippen LogP contribution in [0.5, 0.6) is 0 Å². The fraction of sp³-hybridized carbons (Fsp3) is 0.567. The molecule has 226 valence electrons. The highest BCUT2D eigenvalue weighted by Crippen LogP contribution is 2.40. The number of fused-ring (bicyclic) bond motifs is 3. The highest BCUT2D eigenvalue weighted by molar-refractivity contribution is 6.30. The van der Waals surface area contributed by atoms with Gasteiger partial charge >= 0.3 is 6.09 Å². The predicted octanol–water partition coefficient (Wildman–Crippen LogP) is 4.13. The molecular weight excluding hydrogens is 558 g/mol. The van der Waals surface area contributed by atoms with Gasteiger partial charge in [-0.15, -0.1) is 0 Å². The molecule has 3 atom stereocenters. The molecule has 3 aliphatic heterocycles. The van der Waals surface area contributed by atoms with Gasteiger partial charge in [-0.25, -0.2) is 14.8 Å². The van der Waals surface area contributed by atoms with E-state index in [1.165, 1.54) is 6.33 Å². The van der Waals surface area contributed by atoms with Gasteiger partial charge in [-0.2, -0.15) is 0 Å². The van der Waals surface area contributed by atoms with Gasteiger partial charge in [0.15, 0.2) is 11.6 Å². The van der Waals surface area contributed by atoms with E-state index in [1.54, 1.807) is 29.0 Å². The molecule has 42 heavy (non-hydrogen) atoms. The number of piperazine rings is 1. The predicted molar refractivity (Wildman–Crippen MR) is 162 cm³/mol. The normalized spacial score (nSPS) is 20.8. The maximum atomic E-state index is 14.5. The fourth-order valence-electron chi connectivity index (χ4n) is 6.09. The van der Waals surface area contributed by atoms with Crippen LogP contribution in [0.1, 0.15) is 58.9 Å². The number of ether oxygens (including phenoxy) is 1. The second kappa shape index (κ2) is 11.6. The largest absolute Gasteiger partial charge is 0.444 e. The van der Waals surface area contributed by atoms with Crippen molar-refractivity contribution in [3.05, 3.63) is 41.2 Å². The number of rotatable bonds is 6. The van der Waals surface area contributed by atoms with Crippen molar-refractivity contribution in [3.63, 3.8) is 0 Å². The molecule has 0 saturated carbocycles. The first-order valence-corrected chi connectivity index (χ1v) is 14.9. The zero-order valence-electron chi connectivity index (χ0n) is 25.1. The fourth-order valence-corrected chi connectivity index (χ4v) is 6.22. The standard InChI is InChI=1S/C30H40ClN7O4/c1-18(2)37(29(41)42-30(3,4)5)16-23(19-7-9-20(31)10-8-19)28(40)38-21-11-12-22(38)15-36(14-21)27-25-26(33-17-34-27)32-13-24(39)35(25)6/h7-10,17-18,21-23H,11-16H2,1-6H3,(H,32,33,34)/t21?,22?,23-/m1/s1. The maximum Gasteiger partial charge on any atom is 0.410 e. The minimum atomic E-state index is -0.659. The molecule has 2 fully saturated rings. The van der Waals surface area contributed by atoms with E-state index >= 15 is 0 Å². The lowest BCUT2D eigenvalue weighted by atomic mass is 9.95. The number of nitrogens with zero attached hydrogens (tertiary/aromatic N) is 6. The first-order chi connectivity index (χ1) is 19.8. The number of hydrogen-bond acceptors (Lipinski definition) is 8. The Morgan fingerprint density at radius 1 is 1.12 bits per heavy atom. The monoisotopic (exact) mass is 597 g/mol. The number of anilines is 3. The van der Waals surface area contributed by atoms with Crippen LogP contribution in [-0.2, 0) is 14.3 Å². The van der Waals surface area contributed by atoms with Crippen molar-refractivity contribution in [1.82, 2.24) is 19.8 Å². The summed E-state index contributed by atoms with van der Waals surface area (Å²) < 4.78 is 5.71. The van der Waals surface area contributed by atoms with E-state index in [2.05, 4.69) is 20.2 Å². The summed E-state index contributed by atoms with van der Waals surface area (Å²) in [6, 6.07) is 7.04. The lowest BCUT2D eigenvalue weighted by Crippen LogP contribution is -2.58. The average Bonchev–Trinajstić information content (AvgIpc) is 3.19. The Balaban J connectivity index is 1.42. The number of aromatic nitrogens is 2. The molecule has 3 amide bonds. The minimum Gasteiger partial charge on any atom is -0.444 e. The molecule has 0 aliphatic carbocycles. The smallest absolute Gasteiger partial charge is 0.410 e. The molecule has 2 saturated heterocycles. The van der Waals surface area contributed by atoms with Crippen molar-refractivity contribution in [2.75, 3.05) is 48.3 Å². The summed E-state index contributed by atoms with van der Waals surface area (Å²) in [6.07, 6.45) is 2.79. The minimum absolute atomic E-state index is 0.0163. The molecule has 12 heteroatoms. The van der Waals surface area contributed by atoms with E-state index in [-0.39, 0.29) is 43.0 Å². The van der Waals surface area contributed by atoms with Gasteiger partial charge in [0.25, 0.3) is 0 Å². The van der Waals surface area contributed by atoms with E-state index in [0.29, 0.717) is 35.4 Å². The summed E-state index contributed by atoms with van der Waals surface area (Å²) in [6.45, 7) is 10.9. The second-order valence-corrected chi connectivity index (χ2v) is 13.0. The first-order valence-electron chi connectivity index (χ1n) is 14.5. The highest BCUT2D eigenvalue weighted by Gasteiger charge is 2.46. The summed E-state index contributed by atoms with van der Waals surface area (Å²) in [5, 5.41) is 3.67. The van der Waals surface area contributed by atoms with E-state index in [1.807, 2.05) is 51.7 Å². The summed E-state index contributed by atoms with van der Waals surface area (Å²) in [7, 11) is 1.74. The molecule has 0 spiro atoms. The Morgan fingerprint density at radius 2 is 1.76 bits per heavy atom. The molecule has 1 aromatic heterocycles. The van der Waals surface area contributed by atoms with Gasteiger partial charge in [-0.05, 0) is 65.2 Å². The Hall–Kier alpha value is -3.60. The van der Waals surface area contributed by atoms with Crippen molar-refractivity contribution in [2.45, 2.75) is 77.1 Å². The average molecular weight is 598 g/mol. The van der Waals surface area contributed by atoms with Crippen LogP contribution in [0.2, 0.25) is 5.02 Å². The Labute approximate surface area is 252 Å². The lowest BCUT2D eigenvalue weighted by Gasteiger charge is -2.44. The van der Waals surface area contributed by atoms with Crippen molar-refractivity contribution in [3.8, 4) is 0 Å². The SMILES string of the molecule is CC(C)N(C[C@@H](C(=O)N1C2CCC1CN(c1ncnc3c1N(C)C(=O)CN3)C2)c1ccc(Cl)cc1)C(=O)OC(C)(C)C. The summed E-state index contributed by atoms with van der Waals surface area (Å²) in [4.78, 5) is 56.5. The van der Waals surface area contributed by atoms with E-state index in [4.69, 9.17) is 16.3 Å². The van der Waals surface area contributed by atoms with Crippen molar-refractivity contribution >= 4 is 46.8 Å². The Bertz CT molecular complexity index is 1330. The van der Waals surface area contributed by atoms with Crippen LogP contribution in [0.3, 0.4) is 0 Å². The van der Waals surface area contributed by atoms with Gasteiger partial charge in [0.2, 0.25) is 11.8 Å². The molecule has 5 rings (SSSR count). The molecule has 4 heterocycles. The van der Waals surface area contributed by atoms with Crippen LogP contribution in [0.4, 0.5) is 22.1 Å². The van der Waals surface area contributed by atoms with E-state index in [9.17, 15) is 14.4 Å². The Kier molecular flexibility index (Phi) is 8.24. The van der Waals surface area contributed by atoms with Crippen LogP contribution in [-0.4, -0.2) is 94.6 Å². The molecule has 1 N–H and O–H groups in total. The molecule has 0 radical (unpaired) electrons. The number of carbonyl (C=O) groups is 3. The number of hydrogen-bond donors (Lipinski definition) is 1. The van der Waals surface area contributed by atoms with Gasteiger partial charge in [0.1, 0.15) is 17.6 Å². The number of carbonyl (C=O) groups excluding carboxylic acids is 3. The van der Waals surface area contributed by atoms with Gasteiger partial charge in [0.05, 0.1) is 12.5 Å². The van der Waals surface area contributed by atoms with Crippen LogP contribution in [0.15, 0.2) is 30.6 Å². The van der Waals surface area contributed by atoms with Crippen molar-refractivity contribution in [1.29, 1.82) is 0 Å². The molecule has 3 aliphatic rings. The third kappa shape index (κ3) is 5.97. The van der Waals surface area contributed by atoms with Gasteiger partial charge in [-0.3, -0.25) is 9.59 Å². The molecule has 11 nitrogen and oxygen atoms in total. The summed E-state index contributed by atoms with van der Waals surface area (Å²) in [5.41, 5.74) is 0.807. The van der Waals surface area contributed by atoms with Crippen molar-refractivity contribution in [2.24, 2.45) is 0 Å². The number of nitrogens with one attached hydrogen (secondary N) is 1. The summed E-state index contributed by atoms with van der Waals surface area (Å²) >= 11 is 6.20. The number of halogens is 1. The summed E-state index contributed by atoms with van der Waals surface area (Å²) in [5.74, 6) is 0.661. The van der Waals surface area contributed by atoms with Crippen molar-refractivity contribution < 1.29 is 19.1 Å². The number of likely N-dealkylation sites (N-methyl/N-ethyl adjacent to an activating group) is 1. The molecular formula is C30H40ClN7O4. The van der Waals surface area contributed by atoms with Gasteiger partial charge in [0, 0.05) is 49.8 Å². The van der Waals surface area contributed by atoms with Gasteiger partial charge < -0.3 is 29.7 Å². The quantitative estimate of drug-likeness (QED) is 0.529. The van der Waals surface area contributed by atoms with E-state index < -0.39 is 17.6 Å². The maximum absolute atomic E-state index is 14.5. The zero-order valence-corrected chi connectivity index (χ0v) is 25.9. The second-order valence-electron chi connectivity index (χ2n) is 12.6. The van der Waals surface area contributed by atoms with Crippen LogP contribution < -0.4 is 15.1 Å². The lowest BCUT2D eigenvalue weighted by molar-refractivity contribution is -0.136. The van der Waals surface area contributed by atoms with E-state index in [0.717, 1.165) is 18.4 Å². The third-order valence-corrected chi connectivity index (χ3v) is 8.41. The van der Waals surface area contributed by atoms with Crippen LogP contribution in [0.25, 0.3) is 0 Å². The highest BCUT2D eigenvalue weighted by atomic mass is 35.5. The van der Waals surface area contributed by atoms with Crippen LogP contribution in [0, 0.1) is 0 Å². The van der Waals surface area contributed by atoms with Gasteiger partial charge in [-0.1, -0.05) is 23.7 Å². The zero-order chi connectivity index (χ0) is 30.3. The molecule has 2 aromatic rings. The Morgan fingerprint density at radius 3 is 2.36 bits per heavy atom. The molecule has 1 aromatic carbocycles. The molecule has 2 unspecified atom stereocenters. The van der Waals surface area contributed by atoms with Crippen LogP contribution >= 0.6 is 11.6 Å².